The number of carbonyl (C=O) groups is 3. The lowest BCUT2D eigenvalue weighted by Crippen LogP contribution is -2.64. The van der Waals surface area contributed by atoms with Crippen molar-refractivity contribution in [1.29, 1.82) is 0 Å². The van der Waals surface area contributed by atoms with Crippen molar-refractivity contribution in [2.45, 2.75) is 43.6 Å². The van der Waals surface area contributed by atoms with E-state index in [4.69, 9.17) is 27.2 Å². The Kier molecular flexibility index (Phi) is 12.1. The van der Waals surface area contributed by atoms with Gasteiger partial charge in [0.15, 0.2) is 0 Å². The topological polar surface area (TPSA) is 193 Å². The molecule has 0 saturated carbocycles. The van der Waals surface area contributed by atoms with Gasteiger partial charge in [-0.3, -0.25) is 14.4 Å². The molecule has 0 aromatic rings. The maximum atomic E-state index is 12.4. The molecule has 0 spiro atoms. The van der Waals surface area contributed by atoms with E-state index in [-0.39, 0.29) is 69.4 Å². The number of hydrogen-bond acceptors (Lipinski definition) is 7. The molecule has 1 unspecified atom stereocenters. The van der Waals surface area contributed by atoms with Crippen molar-refractivity contribution in [3.8, 4) is 0 Å². The van der Waals surface area contributed by atoms with Crippen molar-refractivity contribution in [3.63, 3.8) is 0 Å². The van der Waals surface area contributed by atoms with Crippen LogP contribution in [0.5, 0.6) is 0 Å². The SMILES string of the molecule is Cl.Cl.NC(=O)CCC(N)C(=O)N1C[C@@H](CCB(O)O)C[C@](N)(C(=O)O)C1. The number of carboxylic acids is 1. The zero-order valence-corrected chi connectivity index (χ0v) is 15.9. The highest BCUT2D eigenvalue weighted by atomic mass is 35.5. The van der Waals surface area contributed by atoms with Crippen molar-refractivity contribution in [1.82, 2.24) is 4.90 Å². The second-order valence-electron chi connectivity index (χ2n) is 6.42. The van der Waals surface area contributed by atoms with Crippen molar-refractivity contribution in [2.75, 3.05) is 13.1 Å². The molecule has 13 heteroatoms. The van der Waals surface area contributed by atoms with Crippen LogP contribution in [-0.2, 0) is 14.4 Å². The third kappa shape index (κ3) is 8.06. The number of likely N-dealkylation sites (tertiary alicyclic amines) is 1. The van der Waals surface area contributed by atoms with Crippen LogP contribution < -0.4 is 17.2 Å². The fourth-order valence-electron chi connectivity index (χ4n) is 2.92. The first kappa shape index (κ1) is 27.1. The van der Waals surface area contributed by atoms with Crippen molar-refractivity contribution in [2.24, 2.45) is 23.1 Å². The number of primary amides is 1. The van der Waals surface area contributed by atoms with E-state index in [0.29, 0.717) is 6.42 Å². The Morgan fingerprint density at radius 2 is 1.85 bits per heavy atom. The molecule has 3 atom stereocenters. The van der Waals surface area contributed by atoms with Crippen LogP contribution in [0, 0.1) is 5.92 Å². The molecule has 0 aromatic carbocycles. The molecule has 0 bridgehead atoms. The average molecular weight is 417 g/mol. The molecule has 10 nitrogen and oxygen atoms in total. The Morgan fingerprint density at radius 1 is 1.27 bits per heavy atom. The van der Waals surface area contributed by atoms with E-state index >= 15 is 0 Å². The highest BCUT2D eigenvalue weighted by molar-refractivity contribution is 6.40. The summed E-state index contributed by atoms with van der Waals surface area (Å²) in [6, 6.07) is -0.974. The number of rotatable bonds is 8. The van der Waals surface area contributed by atoms with E-state index < -0.39 is 36.5 Å². The zero-order chi connectivity index (χ0) is 18.5. The maximum Gasteiger partial charge on any atom is 0.451 e. The number of carbonyl (C=O) groups excluding carboxylic acids is 2. The molecule has 0 radical (unpaired) electrons. The quantitative estimate of drug-likeness (QED) is 0.242. The Bertz CT molecular complexity index is 501. The average Bonchev–Trinajstić information content (AvgIpc) is 2.49. The summed E-state index contributed by atoms with van der Waals surface area (Å²) >= 11 is 0. The van der Waals surface area contributed by atoms with Gasteiger partial charge in [0.05, 0.1) is 6.04 Å². The van der Waals surface area contributed by atoms with Crippen LogP contribution in [0.3, 0.4) is 0 Å². The zero-order valence-electron chi connectivity index (χ0n) is 14.2. The minimum atomic E-state index is -1.62. The molecule has 26 heavy (non-hydrogen) atoms. The van der Waals surface area contributed by atoms with Crippen LogP contribution in [0.4, 0.5) is 0 Å². The lowest BCUT2D eigenvalue weighted by molar-refractivity contribution is -0.149. The maximum absolute atomic E-state index is 12.4. The highest BCUT2D eigenvalue weighted by Gasteiger charge is 2.44. The molecular weight excluding hydrogens is 390 g/mol. The summed E-state index contributed by atoms with van der Waals surface area (Å²) in [4.78, 5) is 35.9. The second-order valence-corrected chi connectivity index (χ2v) is 6.42. The molecular formula is C13H27BCl2N4O6. The van der Waals surface area contributed by atoms with Gasteiger partial charge < -0.3 is 37.3 Å². The van der Waals surface area contributed by atoms with Gasteiger partial charge >= 0.3 is 13.1 Å². The van der Waals surface area contributed by atoms with E-state index in [1.807, 2.05) is 0 Å². The van der Waals surface area contributed by atoms with Gasteiger partial charge in [0.2, 0.25) is 11.8 Å². The molecule has 1 aliphatic rings. The van der Waals surface area contributed by atoms with Crippen LogP contribution in [0.25, 0.3) is 0 Å². The number of piperidine rings is 1. The fraction of sp³-hybridized carbons (Fsp3) is 0.769. The van der Waals surface area contributed by atoms with Gasteiger partial charge in [-0.15, -0.1) is 24.8 Å². The van der Waals surface area contributed by atoms with E-state index in [9.17, 15) is 19.5 Å². The van der Waals surface area contributed by atoms with E-state index in [2.05, 4.69) is 0 Å². The summed E-state index contributed by atoms with van der Waals surface area (Å²) in [6.45, 7) is 0.0334. The van der Waals surface area contributed by atoms with Crippen molar-refractivity contribution >= 4 is 49.7 Å². The first-order valence-electron chi connectivity index (χ1n) is 7.76. The number of halogens is 2. The predicted molar refractivity (Wildman–Crippen MR) is 99.8 cm³/mol. The molecule has 1 rings (SSSR count). The van der Waals surface area contributed by atoms with Crippen LogP contribution in [-0.4, -0.2) is 69.6 Å². The van der Waals surface area contributed by atoms with Crippen molar-refractivity contribution in [3.05, 3.63) is 0 Å². The largest absolute Gasteiger partial charge is 0.480 e. The van der Waals surface area contributed by atoms with Crippen LogP contribution in [0.1, 0.15) is 25.7 Å². The first-order valence-corrected chi connectivity index (χ1v) is 7.76. The number of nitrogens with two attached hydrogens (primary N) is 3. The molecule has 1 heterocycles. The van der Waals surface area contributed by atoms with Crippen molar-refractivity contribution < 1.29 is 29.5 Å². The summed E-state index contributed by atoms with van der Waals surface area (Å²) in [5.74, 6) is -2.61. The molecule has 9 N–H and O–H groups in total. The lowest BCUT2D eigenvalue weighted by atomic mass is 9.75. The molecule has 1 fully saturated rings. The summed E-state index contributed by atoms with van der Waals surface area (Å²) in [5, 5.41) is 27.3. The first-order chi connectivity index (χ1) is 11.0. The molecule has 152 valence electrons. The standard InChI is InChI=1S/C13H25BN4O6.2ClH/c15-9(1-2-10(16)19)11(20)18-6-8(3-4-14(23)24)5-13(17,7-18)12(21)22;;/h8-9,23-24H,1-7,15,17H2,(H2,16,19)(H,21,22);2*1H/t8-,9?,13+;;/m0../s1. The smallest absolute Gasteiger partial charge is 0.451 e. The van der Waals surface area contributed by atoms with Gasteiger partial charge in [0.25, 0.3) is 0 Å². The molecule has 1 saturated heterocycles. The minimum absolute atomic E-state index is 0. The summed E-state index contributed by atoms with van der Waals surface area (Å²) < 4.78 is 0. The fourth-order valence-corrected chi connectivity index (χ4v) is 2.92. The molecule has 1 aliphatic heterocycles. The van der Waals surface area contributed by atoms with Gasteiger partial charge in [-0.25, -0.2) is 0 Å². The van der Waals surface area contributed by atoms with Gasteiger partial charge in [-0.05, 0) is 25.1 Å². The Hall–Kier alpha value is -1.11. The number of aliphatic carboxylic acids is 1. The van der Waals surface area contributed by atoms with E-state index in [0.717, 1.165) is 0 Å². The van der Waals surface area contributed by atoms with Gasteiger partial charge in [0.1, 0.15) is 5.54 Å². The Labute approximate surface area is 164 Å². The van der Waals surface area contributed by atoms with Crippen LogP contribution in [0.15, 0.2) is 0 Å². The predicted octanol–water partition coefficient (Wildman–Crippen LogP) is -2.08. The molecule has 0 aromatic heterocycles. The third-order valence-corrected chi connectivity index (χ3v) is 4.19. The van der Waals surface area contributed by atoms with Crippen LogP contribution >= 0.6 is 24.8 Å². The lowest BCUT2D eigenvalue weighted by Gasteiger charge is -2.42. The third-order valence-electron chi connectivity index (χ3n) is 4.19. The number of carboxylic acid groups (broad SMARTS) is 1. The molecule has 0 aliphatic carbocycles. The second kappa shape index (κ2) is 11.6. The van der Waals surface area contributed by atoms with E-state index in [1.165, 1.54) is 4.90 Å². The number of amides is 2. The Morgan fingerprint density at radius 3 is 2.31 bits per heavy atom. The molecule has 2 amide bonds. The summed E-state index contributed by atoms with van der Waals surface area (Å²) in [6.07, 6.45) is 0.499. The monoisotopic (exact) mass is 416 g/mol. The van der Waals surface area contributed by atoms with Gasteiger partial charge in [-0.1, -0.05) is 6.42 Å². The number of hydrogen-bond donors (Lipinski definition) is 6. The summed E-state index contributed by atoms with van der Waals surface area (Å²) in [7, 11) is -1.51. The highest BCUT2D eigenvalue weighted by Crippen LogP contribution is 2.28. The van der Waals surface area contributed by atoms with Crippen LogP contribution in [0.2, 0.25) is 6.32 Å². The minimum Gasteiger partial charge on any atom is -0.480 e. The van der Waals surface area contributed by atoms with E-state index in [1.54, 1.807) is 0 Å². The van der Waals surface area contributed by atoms with Gasteiger partial charge in [0, 0.05) is 19.5 Å². The number of nitrogens with zero attached hydrogens (tertiary/aromatic N) is 1. The summed E-state index contributed by atoms with van der Waals surface area (Å²) in [5.41, 5.74) is 15.1. The Balaban J connectivity index is 0. The normalized spacial score (nSPS) is 23.2. The van der Waals surface area contributed by atoms with Gasteiger partial charge in [-0.2, -0.15) is 0 Å².